The van der Waals surface area contributed by atoms with E-state index in [-0.39, 0.29) is 12.2 Å². The normalized spacial score (nSPS) is 10.8. The molecule has 84 valence electrons. The molecule has 0 atom stereocenters. The number of hydrogen-bond donors (Lipinski definition) is 2. The molecule has 0 aliphatic rings. The van der Waals surface area contributed by atoms with Gasteiger partial charge in [-0.25, -0.2) is 0 Å². The summed E-state index contributed by atoms with van der Waals surface area (Å²) in [6.45, 7) is 2.51. The van der Waals surface area contributed by atoms with Crippen molar-refractivity contribution in [3.8, 4) is 5.75 Å². The molecule has 0 bridgehead atoms. The molecular formula is C11H12N2O3. The van der Waals surface area contributed by atoms with Gasteiger partial charge in [-0.3, -0.25) is 9.48 Å². The highest BCUT2D eigenvalue weighted by molar-refractivity contribution is 5.86. The second kappa shape index (κ2) is 3.84. The predicted molar refractivity (Wildman–Crippen MR) is 58.4 cm³/mol. The zero-order chi connectivity index (χ0) is 11.7. The molecule has 0 spiro atoms. The molecule has 0 radical (unpaired) electrons. The van der Waals surface area contributed by atoms with Crippen molar-refractivity contribution in [2.75, 3.05) is 0 Å². The van der Waals surface area contributed by atoms with Gasteiger partial charge in [0.2, 0.25) is 0 Å². The third-order valence-electron chi connectivity index (χ3n) is 2.45. The topological polar surface area (TPSA) is 75.3 Å². The summed E-state index contributed by atoms with van der Waals surface area (Å²) in [7, 11) is 0. The number of fused-ring (bicyclic) bond motifs is 1. The molecule has 0 amide bonds. The summed E-state index contributed by atoms with van der Waals surface area (Å²) in [5.74, 6) is -0.783. The summed E-state index contributed by atoms with van der Waals surface area (Å²) < 4.78 is 1.65. The molecule has 2 aromatic rings. The molecule has 16 heavy (non-hydrogen) atoms. The highest BCUT2D eigenvalue weighted by Gasteiger charge is 2.13. The molecule has 0 saturated carbocycles. The van der Waals surface area contributed by atoms with Crippen molar-refractivity contribution in [3.63, 3.8) is 0 Å². The van der Waals surface area contributed by atoms with Crippen molar-refractivity contribution < 1.29 is 15.0 Å². The number of aromatic hydroxyl groups is 1. The van der Waals surface area contributed by atoms with E-state index in [1.165, 1.54) is 0 Å². The Balaban J connectivity index is 2.65. The molecule has 2 N–H and O–H groups in total. The van der Waals surface area contributed by atoms with Crippen LogP contribution in [0.25, 0.3) is 10.9 Å². The van der Waals surface area contributed by atoms with Crippen LogP contribution in [-0.4, -0.2) is 26.0 Å². The number of carbonyl (C=O) groups is 1. The van der Waals surface area contributed by atoms with Crippen LogP contribution in [0.4, 0.5) is 0 Å². The van der Waals surface area contributed by atoms with E-state index in [9.17, 15) is 9.90 Å². The Labute approximate surface area is 91.9 Å². The summed E-state index contributed by atoms with van der Waals surface area (Å²) >= 11 is 0. The fourth-order valence-corrected chi connectivity index (χ4v) is 1.76. The number of nitrogens with zero attached hydrogens (tertiary/aromatic N) is 2. The first-order chi connectivity index (χ1) is 7.61. The number of phenolic OH excluding ortho intramolecular Hbond substituents is 1. The third kappa shape index (κ3) is 1.71. The van der Waals surface area contributed by atoms with Gasteiger partial charge in [0, 0.05) is 11.9 Å². The molecule has 0 fully saturated rings. The number of hydrogen-bond acceptors (Lipinski definition) is 3. The smallest absolute Gasteiger partial charge is 0.309 e. The van der Waals surface area contributed by atoms with E-state index in [1.54, 1.807) is 22.9 Å². The molecular weight excluding hydrogens is 208 g/mol. The quantitative estimate of drug-likeness (QED) is 0.819. The maximum Gasteiger partial charge on any atom is 0.309 e. The lowest BCUT2D eigenvalue weighted by Crippen LogP contribution is -2.08. The fraction of sp³-hybridized carbons (Fsp3) is 0.273. The summed E-state index contributed by atoms with van der Waals surface area (Å²) in [4.78, 5) is 10.8. The highest BCUT2D eigenvalue weighted by Crippen LogP contribution is 2.23. The average Bonchev–Trinajstić information content (AvgIpc) is 2.56. The van der Waals surface area contributed by atoms with Crippen LogP contribution in [0.3, 0.4) is 0 Å². The lowest BCUT2D eigenvalue weighted by Gasteiger charge is -2.01. The predicted octanol–water partition coefficient (Wildman–Crippen LogP) is 1.39. The van der Waals surface area contributed by atoms with E-state index < -0.39 is 5.97 Å². The van der Waals surface area contributed by atoms with Crippen LogP contribution in [0, 0.1) is 0 Å². The van der Waals surface area contributed by atoms with Crippen LogP contribution in [0.15, 0.2) is 18.2 Å². The molecule has 0 saturated heterocycles. The van der Waals surface area contributed by atoms with Gasteiger partial charge in [-0.15, -0.1) is 0 Å². The van der Waals surface area contributed by atoms with Gasteiger partial charge < -0.3 is 10.2 Å². The molecule has 1 heterocycles. The standard InChI is InChI=1S/C11H12N2O3/c1-2-13-10(6-11(15)16)8-5-7(14)3-4-9(8)12-13/h3-5,14H,2,6H2,1H3,(H,15,16). The molecule has 2 rings (SSSR count). The Morgan fingerprint density at radius 1 is 1.50 bits per heavy atom. The van der Waals surface area contributed by atoms with E-state index in [4.69, 9.17) is 5.11 Å². The van der Waals surface area contributed by atoms with Crippen molar-refractivity contribution >= 4 is 16.9 Å². The molecule has 5 heteroatoms. The number of rotatable bonds is 3. The van der Waals surface area contributed by atoms with E-state index in [2.05, 4.69) is 5.10 Å². The lowest BCUT2D eigenvalue weighted by atomic mass is 10.1. The summed E-state index contributed by atoms with van der Waals surface area (Å²) in [6, 6.07) is 4.77. The van der Waals surface area contributed by atoms with Crippen LogP contribution >= 0.6 is 0 Å². The van der Waals surface area contributed by atoms with Crippen molar-refractivity contribution in [1.82, 2.24) is 9.78 Å². The van der Waals surface area contributed by atoms with Crippen LogP contribution in [0.2, 0.25) is 0 Å². The highest BCUT2D eigenvalue weighted by atomic mass is 16.4. The molecule has 1 aromatic heterocycles. The van der Waals surface area contributed by atoms with E-state index >= 15 is 0 Å². The van der Waals surface area contributed by atoms with Crippen molar-refractivity contribution in [2.45, 2.75) is 19.9 Å². The number of carboxylic acid groups (broad SMARTS) is 1. The maximum absolute atomic E-state index is 10.8. The van der Waals surface area contributed by atoms with Gasteiger partial charge in [0.1, 0.15) is 5.75 Å². The Morgan fingerprint density at radius 2 is 2.25 bits per heavy atom. The Hall–Kier alpha value is -2.04. The summed E-state index contributed by atoms with van der Waals surface area (Å²) in [6.07, 6.45) is -0.0895. The van der Waals surface area contributed by atoms with Crippen molar-refractivity contribution in [2.24, 2.45) is 0 Å². The zero-order valence-electron chi connectivity index (χ0n) is 8.84. The number of aliphatic carboxylic acids is 1. The molecule has 0 aliphatic carbocycles. The average molecular weight is 220 g/mol. The van der Waals surface area contributed by atoms with E-state index in [0.717, 1.165) is 0 Å². The minimum atomic E-state index is -0.903. The monoisotopic (exact) mass is 220 g/mol. The largest absolute Gasteiger partial charge is 0.508 e. The number of aryl methyl sites for hydroxylation is 1. The lowest BCUT2D eigenvalue weighted by molar-refractivity contribution is -0.136. The molecule has 0 unspecified atom stereocenters. The van der Waals surface area contributed by atoms with Crippen molar-refractivity contribution in [1.29, 1.82) is 0 Å². The summed E-state index contributed by atoms with van der Waals surface area (Å²) in [5, 5.41) is 23.2. The molecule has 5 nitrogen and oxygen atoms in total. The number of carboxylic acids is 1. The second-order valence-corrected chi connectivity index (χ2v) is 3.53. The van der Waals surface area contributed by atoms with Gasteiger partial charge in [-0.1, -0.05) is 0 Å². The SMILES string of the molecule is CCn1nc2ccc(O)cc2c1CC(=O)O. The van der Waals surface area contributed by atoms with Crippen LogP contribution in [0.1, 0.15) is 12.6 Å². The van der Waals surface area contributed by atoms with Crippen LogP contribution < -0.4 is 0 Å². The fourth-order valence-electron chi connectivity index (χ4n) is 1.76. The minimum Gasteiger partial charge on any atom is -0.508 e. The first-order valence-corrected chi connectivity index (χ1v) is 5.02. The van der Waals surface area contributed by atoms with Crippen molar-refractivity contribution in [3.05, 3.63) is 23.9 Å². The minimum absolute atomic E-state index is 0.0895. The Kier molecular flexibility index (Phi) is 2.52. The molecule has 1 aromatic carbocycles. The van der Waals surface area contributed by atoms with Gasteiger partial charge in [-0.05, 0) is 25.1 Å². The Morgan fingerprint density at radius 3 is 2.88 bits per heavy atom. The summed E-state index contributed by atoms with van der Waals surface area (Å²) in [5.41, 5.74) is 1.33. The number of phenols is 1. The number of benzene rings is 1. The van der Waals surface area contributed by atoms with Gasteiger partial charge in [0.15, 0.2) is 0 Å². The Bertz CT molecular complexity index is 545. The number of aromatic nitrogens is 2. The van der Waals surface area contributed by atoms with E-state index in [1.807, 2.05) is 6.92 Å². The zero-order valence-corrected chi connectivity index (χ0v) is 8.84. The maximum atomic E-state index is 10.8. The first kappa shape index (κ1) is 10.5. The van der Waals surface area contributed by atoms with Gasteiger partial charge in [-0.2, -0.15) is 5.10 Å². The second-order valence-electron chi connectivity index (χ2n) is 3.53. The third-order valence-corrected chi connectivity index (χ3v) is 2.45. The van der Waals surface area contributed by atoms with Crippen LogP contribution in [0.5, 0.6) is 5.75 Å². The van der Waals surface area contributed by atoms with Gasteiger partial charge in [0.05, 0.1) is 17.6 Å². The first-order valence-electron chi connectivity index (χ1n) is 5.02. The van der Waals surface area contributed by atoms with E-state index in [0.29, 0.717) is 23.1 Å². The molecule has 0 aliphatic heterocycles. The van der Waals surface area contributed by atoms with Gasteiger partial charge in [0.25, 0.3) is 0 Å². The van der Waals surface area contributed by atoms with Gasteiger partial charge >= 0.3 is 5.97 Å². The van der Waals surface area contributed by atoms with Crippen LogP contribution in [-0.2, 0) is 17.8 Å².